The first kappa shape index (κ1) is 15.5. The van der Waals surface area contributed by atoms with Gasteiger partial charge in [0.1, 0.15) is 0 Å². The smallest absolute Gasteiger partial charge is 0.262 e. The van der Waals surface area contributed by atoms with Crippen LogP contribution < -0.4 is 10.0 Å². The van der Waals surface area contributed by atoms with E-state index in [1.165, 1.54) is 11.3 Å². The summed E-state index contributed by atoms with van der Waals surface area (Å²) in [6.07, 6.45) is 0. The van der Waals surface area contributed by atoms with E-state index in [-0.39, 0.29) is 0 Å². The number of hydrogen-bond donors (Lipinski definition) is 2. The van der Waals surface area contributed by atoms with Gasteiger partial charge in [0.2, 0.25) is 0 Å². The molecule has 0 radical (unpaired) electrons. The summed E-state index contributed by atoms with van der Waals surface area (Å²) in [4.78, 5) is 1.31. The molecule has 7 heteroatoms. The van der Waals surface area contributed by atoms with Crippen molar-refractivity contribution in [3.8, 4) is 0 Å². The highest BCUT2D eigenvalue weighted by atomic mass is 79.9. The Morgan fingerprint density at radius 1 is 1.25 bits per heavy atom. The maximum absolute atomic E-state index is 12.2. The average Bonchev–Trinajstić information content (AvgIpc) is 2.88. The van der Waals surface area contributed by atoms with E-state index in [0.29, 0.717) is 17.1 Å². The molecule has 0 aliphatic carbocycles. The van der Waals surface area contributed by atoms with Crippen LogP contribution in [-0.2, 0) is 16.6 Å². The zero-order valence-corrected chi connectivity index (χ0v) is 14.1. The molecule has 2 rings (SSSR count). The van der Waals surface area contributed by atoms with E-state index in [1.807, 2.05) is 6.92 Å². The summed E-state index contributed by atoms with van der Waals surface area (Å²) in [5.74, 6) is 0. The summed E-state index contributed by atoms with van der Waals surface area (Å²) < 4.78 is 27.9. The summed E-state index contributed by atoms with van der Waals surface area (Å²) in [6.45, 7) is 3.56. The van der Waals surface area contributed by atoms with Crippen molar-refractivity contribution >= 4 is 43.0 Å². The Balaban J connectivity index is 2.13. The van der Waals surface area contributed by atoms with Gasteiger partial charge < -0.3 is 5.32 Å². The van der Waals surface area contributed by atoms with E-state index in [0.717, 1.165) is 15.9 Å². The molecule has 1 aromatic carbocycles. The Morgan fingerprint density at radius 2 is 1.95 bits per heavy atom. The van der Waals surface area contributed by atoms with Crippen LogP contribution in [0, 0.1) is 0 Å². The van der Waals surface area contributed by atoms with Crippen molar-refractivity contribution in [3.63, 3.8) is 0 Å². The van der Waals surface area contributed by atoms with Crippen LogP contribution in [0.4, 0.5) is 5.69 Å². The third kappa shape index (κ3) is 4.05. The van der Waals surface area contributed by atoms with Crippen LogP contribution in [0.3, 0.4) is 0 Å². The van der Waals surface area contributed by atoms with Gasteiger partial charge >= 0.3 is 0 Å². The van der Waals surface area contributed by atoms with Gasteiger partial charge in [-0.15, -0.1) is 11.3 Å². The van der Waals surface area contributed by atoms with E-state index in [2.05, 4.69) is 26.0 Å². The van der Waals surface area contributed by atoms with Crippen LogP contribution in [0.1, 0.15) is 11.8 Å². The molecule has 2 N–H and O–H groups in total. The molecule has 0 spiro atoms. The van der Waals surface area contributed by atoms with Crippen molar-refractivity contribution in [1.29, 1.82) is 0 Å². The zero-order chi connectivity index (χ0) is 14.6. The normalized spacial score (nSPS) is 11.5. The third-order valence-electron chi connectivity index (χ3n) is 2.59. The number of rotatable bonds is 6. The van der Waals surface area contributed by atoms with Gasteiger partial charge in [0, 0.05) is 27.0 Å². The molecule has 0 saturated carbocycles. The molecule has 0 amide bonds. The first-order valence-corrected chi connectivity index (χ1v) is 9.23. The lowest BCUT2D eigenvalue weighted by Gasteiger charge is -2.06. The van der Waals surface area contributed by atoms with Crippen LogP contribution in [0.25, 0.3) is 0 Å². The van der Waals surface area contributed by atoms with Crippen molar-refractivity contribution < 1.29 is 8.42 Å². The molecule has 2 aromatic rings. The van der Waals surface area contributed by atoms with Crippen molar-refractivity contribution in [3.05, 3.63) is 45.1 Å². The minimum Gasteiger partial charge on any atom is -0.312 e. The van der Waals surface area contributed by atoms with E-state index < -0.39 is 10.0 Å². The van der Waals surface area contributed by atoms with Gasteiger partial charge in [-0.25, -0.2) is 8.42 Å². The number of benzene rings is 1. The molecule has 20 heavy (non-hydrogen) atoms. The van der Waals surface area contributed by atoms with Gasteiger partial charge in [0.25, 0.3) is 10.0 Å². The minimum absolute atomic E-state index is 0.304. The molecule has 0 aliphatic rings. The summed E-state index contributed by atoms with van der Waals surface area (Å²) in [6, 6.07) is 8.72. The highest BCUT2D eigenvalue weighted by Crippen LogP contribution is 2.22. The number of hydrogen-bond acceptors (Lipinski definition) is 4. The third-order valence-corrected chi connectivity index (χ3v) is 5.56. The van der Waals surface area contributed by atoms with Crippen molar-refractivity contribution in [1.82, 2.24) is 5.32 Å². The molecule has 0 bridgehead atoms. The van der Waals surface area contributed by atoms with Crippen LogP contribution in [0.15, 0.2) is 45.1 Å². The zero-order valence-electron chi connectivity index (χ0n) is 10.9. The molecule has 0 aliphatic heterocycles. The van der Waals surface area contributed by atoms with E-state index >= 15 is 0 Å². The Hall–Kier alpha value is -0.890. The van der Waals surface area contributed by atoms with Crippen molar-refractivity contribution in [2.24, 2.45) is 0 Å². The van der Waals surface area contributed by atoms with Gasteiger partial charge in [-0.2, -0.15) is 0 Å². The van der Waals surface area contributed by atoms with E-state index in [9.17, 15) is 8.42 Å². The van der Waals surface area contributed by atoms with Gasteiger partial charge in [0.15, 0.2) is 0 Å². The molecule has 0 atom stereocenters. The van der Waals surface area contributed by atoms with Crippen LogP contribution in [0.2, 0.25) is 0 Å². The predicted octanol–water partition coefficient (Wildman–Crippen LogP) is 3.42. The van der Waals surface area contributed by atoms with E-state index in [1.54, 1.807) is 35.7 Å². The lowest BCUT2D eigenvalue weighted by atomic mass is 10.3. The summed E-state index contributed by atoms with van der Waals surface area (Å²) in [7, 11) is -3.51. The number of anilines is 1. The van der Waals surface area contributed by atoms with Gasteiger partial charge in [-0.05, 0) is 36.9 Å². The topological polar surface area (TPSA) is 58.2 Å². The molecule has 1 aromatic heterocycles. The monoisotopic (exact) mass is 374 g/mol. The maximum atomic E-state index is 12.2. The first-order valence-electron chi connectivity index (χ1n) is 6.08. The molecule has 0 saturated heterocycles. The maximum Gasteiger partial charge on any atom is 0.262 e. The Morgan fingerprint density at radius 3 is 2.60 bits per heavy atom. The average molecular weight is 375 g/mol. The lowest BCUT2D eigenvalue weighted by Crippen LogP contribution is -2.12. The van der Waals surface area contributed by atoms with Crippen LogP contribution in [0.5, 0.6) is 0 Å². The predicted molar refractivity (Wildman–Crippen MR) is 86.7 cm³/mol. The van der Waals surface area contributed by atoms with Crippen molar-refractivity contribution in [2.45, 2.75) is 18.4 Å². The Labute approximate surface area is 131 Å². The number of nitrogens with one attached hydrogen (secondary N) is 2. The van der Waals surface area contributed by atoms with Crippen molar-refractivity contribution in [2.75, 3.05) is 11.3 Å². The Bertz CT molecular complexity index is 666. The number of sulfonamides is 1. The Kier molecular flexibility index (Phi) is 5.20. The van der Waals surface area contributed by atoms with E-state index in [4.69, 9.17) is 0 Å². The fraction of sp³-hybridized carbons (Fsp3) is 0.231. The fourth-order valence-electron chi connectivity index (χ4n) is 1.57. The molecule has 108 valence electrons. The van der Waals surface area contributed by atoms with Gasteiger partial charge in [-0.3, -0.25) is 4.72 Å². The highest BCUT2D eigenvalue weighted by molar-refractivity contribution is 9.10. The number of halogens is 1. The standard InChI is InChI=1S/C13H15BrN2O2S2/c1-2-15-8-12-7-13(9-19-12)20(17,18)16-11-5-3-10(14)4-6-11/h3-7,9,15-16H,2,8H2,1H3. The molecule has 0 unspecified atom stereocenters. The summed E-state index contributed by atoms with van der Waals surface area (Å²) >= 11 is 4.76. The van der Waals surface area contributed by atoms with Gasteiger partial charge in [-0.1, -0.05) is 22.9 Å². The molecule has 4 nitrogen and oxygen atoms in total. The molecule has 0 fully saturated rings. The second-order valence-electron chi connectivity index (χ2n) is 4.14. The lowest BCUT2D eigenvalue weighted by molar-refractivity contribution is 0.601. The van der Waals surface area contributed by atoms with Gasteiger partial charge in [0.05, 0.1) is 4.90 Å². The second-order valence-corrected chi connectivity index (χ2v) is 7.74. The molecular formula is C13H15BrN2O2S2. The molecule has 1 heterocycles. The molecular weight excluding hydrogens is 360 g/mol. The minimum atomic E-state index is -3.51. The summed E-state index contributed by atoms with van der Waals surface area (Å²) in [5, 5.41) is 4.84. The summed E-state index contributed by atoms with van der Waals surface area (Å²) in [5.41, 5.74) is 0.549. The fourth-order valence-corrected chi connectivity index (χ4v) is 4.14. The van der Waals surface area contributed by atoms with Crippen LogP contribution in [-0.4, -0.2) is 15.0 Å². The van der Waals surface area contributed by atoms with Crippen LogP contribution >= 0.6 is 27.3 Å². The SMILES string of the molecule is CCNCc1cc(S(=O)(=O)Nc2ccc(Br)cc2)cs1. The second kappa shape index (κ2) is 6.71. The number of thiophene rings is 1. The first-order chi connectivity index (χ1) is 9.51. The highest BCUT2D eigenvalue weighted by Gasteiger charge is 2.16. The quantitative estimate of drug-likeness (QED) is 0.814. The largest absolute Gasteiger partial charge is 0.312 e.